The molecule has 0 aliphatic heterocycles. The third-order valence-electron chi connectivity index (χ3n) is 1.06. The molecule has 0 radical (unpaired) electrons. The first-order valence-electron chi connectivity index (χ1n) is 2.99. The van der Waals surface area contributed by atoms with E-state index in [1.165, 1.54) is 6.08 Å². The van der Waals surface area contributed by atoms with Gasteiger partial charge in [-0.2, -0.15) is 0 Å². The number of hydrogen-bond donors (Lipinski definition) is 0. The molecule has 0 aliphatic rings. The van der Waals surface area contributed by atoms with E-state index >= 15 is 0 Å². The van der Waals surface area contributed by atoms with Gasteiger partial charge in [0, 0.05) is 0 Å². The van der Waals surface area contributed by atoms with E-state index in [1.54, 1.807) is 6.92 Å². The van der Waals surface area contributed by atoms with Gasteiger partial charge in [-0.3, -0.25) is 0 Å². The maximum Gasteiger partial charge on any atom is 0.234 e. The first-order chi connectivity index (χ1) is 4.31. The van der Waals surface area contributed by atoms with E-state index < -0.39 is 6.17 Å². The summed E-state index contributed by atoms with van der Waals surface area (Å²) >= 11 is 0. The van der Waals surface area contributed by atoms with Crippen molar-refractivity contribution in [1.82, 2.24) is 0 Å². The molecule has 52 valence electrons. The summed E-state index contributed by atoms with van der Waals surface area (Å²) in [4.78, 5) is 12.7. The van der Waals surface area contributed by atoms with E-state index in [0.717, 1.165) is 0 Å². The van der Waals surface area contributed by atoms with Gasteiger partial charge in [0.25, 0.3) is 0 Å². The first kappa shape index (κ1) is 8.31. The molecule has 0 N–H and O–H groups in total. The first-order valence-corrected chi connectivity index (χ1v) is 2.99. The van der Waals surface area contributed by atoms with Gasteiger partial charge in [-0.05, 0) is 12.8 Å². The Balaban J connectivity index is 3.16. The Kier molecular flexibility index (Phi) is 5.03. The van der Waals surface area contributed by atoms with Gasteiger partial charge in [-0.25, -0.2) is 14.2 Å². The molecule has 0 bridgehead atoms. The number of rotatable bonds is 4. The minimum atomic E-state index is -0.818. The lowest BCUT2D eigenvalue weighted by atomic mass is 10.2. The average molecular weight is 131 g/mol. The maximum atomic E-state index is 12.3. The van der Waals surface area contributed by atoms with E-state index in [9.17, 15) is 9.18 Å². The zero-order valence-corrected chi connectivity index (χ0v) is 5.43. The van der Waals surface area contributed by atoms with Crippen LogP contribution in [0.1, 0.15) is 19.8 Å². The van der Waals surface area contributed by atoms with Gasteiger partial charge in [-0.15, -0.1) is 0 Å². The summed E-state index contributed by atoms with van der Waals surface area (Å²) in [6.07, 6.45) is 1.37. The van der Waals surface area contributed by atoms with E-state index in [0.29, 0.717) is 12.8 Å². The van der Waals surface area contributed by atoms with Crippen LogP contribution >= 0.6 is 0 Å². The molecule has 0 aromatic carbocycles. The van der Waals surface area contributed by atoms with Crippen molar-refractivity contribution < 1.29 is 9.18 Å². The quantitative estimate of drug-likeness (QED) is 0.419. The molecule has 0 spiro atoms. The van der Waals surface area contributed by atoms with E-state index in [4.69, 9.17) is 0 Å². The molecule has 0 rings (SSSR count). The molecule has 0 saturated heterocycles. The Morgan fingerprint density at radius 1 is 1.78 bits per heavy atom. The van der Waals surface area contributed by atoms with Crippen LogP contribution in [0.5, 0.6) is 0 Å². The Morgan fingerprint density at radius 2 is 2.44 bits per heavy atom. The fraction of sp³-hybridized carbons (Fsp3) is 0.833. The largest absolute Gasteiger partial charge is 0.247 e. The number of hydrogen-bond acceptors (Lipinski definition) is 2. The van der Waals surface area contributed by atoms with Crippen LogP contribution in [0.4, 0.5) is 4.39 Å². The SMILES string of the molecule is CCC(F)CCN=C=O. The average Bonchev–Trinajstić information content (AvgIpc) is 1.89. The molecule has 0 saturated carbocycles. The fourth-order valence-electron chi connectivity index (χ4n) is 0.454. The van der Waals surface area contributed by atoms with Gasteiger partial charge in [0.2, 0.25) is 6.08 Å². The summed E-state index contributed by atoms with van der Waals surface area (Å²) in [5.41, 5.74) is 0. The van der Waals surface area contributed by atoms with Crippen molar-refractivity contribution in [3.63, 3.8) is 0 Å². The molecule has 2 nitrogen and oxygen atoms in total. The summed E-state index contributed by atoms with van der Waals surface area (Å²) in [5, 5.41) is 0. The fourth-order valence-corrected chi connectivity index (χ4v) is 0.454. The highest BCUT2D eigenvalue weighted by Gasteiger charge is 1.99. The molecule has 0 amide bonds. The lowest BCUT2D eigenvalue weighted by molar-refractivity contribution is 0.310. The van der Waals surface area contributed by atoms with Crippen LogP contribution in [0.2, 0.25) is 0 Å². The molecular weight excluding hydrogens is 121 g/mol. The van der Waals surface area contributed by atoms with Crippen molar-refractivity contribution in [3.8, 4) is 0 Å². The number of aliphatic imine (C=N–C) groups is 1. The van der Waals surface area contributed by atoms with Crippen LogP contribution in [0.3, 0.4) is 0 Å². The lowest BCUT2D eigenvalue weighted by Crippen LogP contribution is -1.98. The van der Waals surface area contributed by atoms with Crippen molar-refractivity contribution in [2.75, 3.05) is 6.54 Å². The summed E-state index contributed by atoms with van der Waals surface area (Å²) in [6, 6.07) is 0. The predicted octanol–water partition coefficient (Wildman–Crippen LogP) is 1.46. The Bertz CT molecular complexity index is 110. The van der Waals surface area contributed by atoms with Gasteiger partial charge in [-0.1, -0.05) is 6.92 Å². The van der Waals surface area contributed by atoms with Crippen LogP contribution in [0.25, 0.3) is 0 Å². The molecule has 0 aliphatic carbocycles. The molecule has 0 heterocycles. The number of nitrogens with zero attached hydrogens (tertiary/aromatic N) is 1. The molecule has 0 aromatic heterocycles. The number of alkyl halides is 1. The van der Waals surface area contributed by atoms with Crippen molar-refractivity contribution in [2.24, 2.45) is 4.99 Å². The van der Waals surface area contributed by atoms with E-state index in [-0.39, 0.29) is 6.54 Å². The molecule has 0 fully saturated rings. The number of isocyanates is 1. The molecule has 1 atom stereocenters. The smallest absolute Gasteiger partial charge is 0.234 e. The standard InChI is InChI=1S/C6H10FNO/c1-2-6(7)3-4-8-5-9/h6H,2-4H2,1H3. The number of carbonyl (C=O) groups excluding carboxylic acids is 1. The highest BCUT2D eigenvalue weighted by molar-refractivity contribution is 5.32. The van der Waals surface area contributed by atoms with Crippen molar-refractivity contribution in [3.05, 3.63) is 0 Å². The second-order valence-corrected chi connectivity index (χ2v) is 1.77. The maximum absolute atomic E-state index is 12.3. The van der Waals surface area contributed by atoms with Crippen LogP contribution in [0, 0.1) is 0 Å². The van der Waals surface area contributed by atoms with Gasteiger partial charge in [0.15, 0.2) is 0 Å². The number of halogens is 1. The van der Waals surface area contributed by atoms with Crippen LogP contribution in [-0.2, 0) is 4.79 Å². The highest BCUT2D eigenvalue weighted by Crippen LogP contribution is 2.01. The second kappa shape index (κ2) is 5.45. The summed E-state index contributed by atoms with van der Waals surface area (Å²) in [5.74, 6) is 0. The monoisotopic (exact) mass is 131 g/mol. The van der Waals surface area contributed by atoms with Crippen molar-refractivity contribution in [1.29, 1.82) is 0 Å². The third-order valence-corrected chi connectivity index (χ3v) is 1.06. The van der Waals surface area contributed by atoms with Crippen molar-refractivity contribution in [2.45, 2.75) is 25.9 Å². The third kappa shape index (κ3) is 5.18. The van der Waals surface area contributed by atoms with Crippen LogP contribution < -0.4 is 0 Å². The summed E-state index contributed by atoms with van der Waals surface area (Å²) < 4.78 is 12.3. The minimum Gasteiger partial charge on any atom is -0.247 e. The molecular formula is C6H10FNO. The Hall–Kier alpha value is -0.690. The van der Waals surface area contributed by atoms with Gasteiger partial charge >= 0.3 is 0 Å². The van der Waals surface area contributed by atoms with Crippen LogP contribution in [0.15, 0.2) is 4.99 Å². The molecule has 9 heavy (non-hydrogen) atoms. The van der Waals surface area contributed by atoms with Gasteiger partial charge < -0.3 is 0 Å². The predicted molar refractivity (Wildman–Crippen MR) is 32.8 cm³/mol. The highest BCUT2D eigenvalue weighted by atomic mass is 19.1. The summed E-state index contributed by atoms with van der Waals surface area (Å²) in [7, 11) is 0. The molecule has 1 unspecified atom stereocenters. The molecule has 3 heteroatoms. The normalized spacial score (nSPS) is 12.2. The summed E-state index contributed by atoms with van der Waals surface area (Å²) in [6.45, 7) is 2.02. The van der Waals surface area contributed by atoms with Crippen molar-refractivity contribution >= 4 is 6.08 Å². The Morgan fingerprint density at radius 3 is 2.89 bits per heavy atom. The van der Waals surface area contributed by atoms with Crippen LogP contribution in [-0.4, -0.2) is 18.8 Å². The topological polar surface area (TPSA) is 29.4 Å². The van der Waals surface area contributed by atoms with Gasteiger partial charge in [0.05, 0.1) is 6.54 Å². The Labute approximate surface area is 53.8 Å². The van der Waals surface area contributed by atoms with E-state index in [1.807, 2.05) is 0 Å². The van der Waals surface area contributed by atoms with E-state index in [2.05, 4.69) is 4.99 Å². The lowest BCUT2D eigenvalue weighted by Gasteiger charge is -1.98. The molecule has 0 aromatic rings. The minimum absolute atomic E-state index is 0.262. The second-order valence-electron chi connectivity index (χ2n) is 1.77. The zero-order valence-electron chi connectivity index (χ0n) is 5.43. The zero-order chi connectivity index (χ0) is 7.11. The van der Waals surface area contributed by atoms with Gasteiger partial charge in [0.1, 0.15) is 6.17 Å².